The Balaban J connectivity index is 1.62. The molecule has 17 nitrogen and oxygen atoms in total. The number of methoxy groups -OCH3 is 3. The minimum absolute atomic E-state index is 0.000229. The van der Waals surface area contributed by atoms with Crippen LogP contribution in [0, 0.1) is 0 Å². The number of carbonyl (C=O) groups is 2. The van der Waals surface area contributed by atoms with Crippen molar-refractivity contribution in [3.05, 3.63) is 131 Å². The van der Waals surface area contributed by atoms with E-state index in [4.69, 9.17) is 18.9 Å². The molecule has 0 aliphatic heterocycles. The number of ether oxygens (including phenoxy) is 4. The average molecular weight is 913 g/mol. The number of hydrogen-bond acceptors (Lipinski definition) is 13. The summed E-state index contributed by atoms with van der Waals surface area (Å²) in [6.07, 6.45) is -0.875. The predicted octanol–water partition coefficient (Wildman–Crippen LogP) is 6.47. The molecule has 0 radical (unpaired) electrons. The number of tetrazole rings is 1. The molecule has 0 aliphatic carbocycles. The summed E-state index contributed by atoms with van der Waals surface area (Å²) in [7, 11) is -5.11. The lowest BCUT2D eigenvalue weighted by Gasteiger charge is -2.26. The first-order chi connectivity index (χ1) is 30.4. The summed E-state index contributed by atoms with van der Waals surface area (Å²) >= 11 is 0. The van der Waals surface area contributed by atoms with Crippen molar-refractivity contribution in [2.24, 2.45) is 0 Å². The number of aromatic nitrogens is 4. The predicted molar refractivity (Wildman–Crippen MR) is 236 cm³/mol. The van der Waals surface area contributed by atoms with Gasteiger partial charge in [0.25, 0.3) is 0 Å². The molecule has 5 aromatic carbocycles. The molecule has 19 heteroatoms. The van der Waals surface area contributed by atoms with Crippen LogP contribution in [0.25, 0.3) is 22.5 Å². The number of rotatable bonds is 18. The number of sulfone groups is 1. The zero-order valence-corrected chi connectivity index (χ0v) is 37.6. The number of carboxylic acid groups (broad SMARTS) is 1. The van der Waals surface area contributed by atoms with Crippen molar-refractivity contribution in [3.8, 4) is 39.8 Å². The van der Waals surface area contributed by atoms with Gasteiger partial charge in [-0.25, -0.2) is 26.4 Å². The standard InChI is InChI=1S/C45H48N6O11S2/c1-45(2,3)62-44(54)46-25-26-63(55,56)39-24-23-37(36-9-7-8-10-38(36)43(52)53)40(42-47-49-51(48-42)29-32-15-21-35(61-6)22-16-32)41(39)64(57,58)50(27-30-11-17-33(59-4)18-12-30)28-31-13-19-34(60-5)20-14-31/h7-24H,25-29H2,1-6H3,(H,46,54)(H,52,53). The van der Waals surface area contributed by atoms with Gasteiger partial charge in [0.05, 0.1) is 49.6 Å². The number of aromatic carboxylic acids is 1. The van der Waals surface area contributed by atoms with Crippen LogP contribution in [0.5, 0.6) is 17.2 Å². The fraction of sp³-hybridized carbons (Fsp3) is 0.267. The van der Waals surface area contributed by atoms with Gasteiger partial charge in [0.15, 0.2) is 9.84 Å². The normalized spacial score (nSPS) is 11.9. The van der Waals surface area contributed by atoms with Crippen molar-refractivity contribution in [2.75, 3.05) is 33.6 Å². The highest BCUT2D eigenvalue weighted by Crippen LogP contribution is 2.42. The molecule has 0 spiro atoms. The molecule has 6 aromatic rings. The quantitative estimate of drug-likeness (QED) is 0.0945. The maximum atomic E-state index is 15.9. The Morgan fingerprint density at radius 3 is 1.77 bits per heavy atom. The van der Waals surface area contributed by atoms with Crippen LogP contribution in [-0.4, -0.2) is 97.7 Å². The van der Waals surface area contributed by atoms with E-state index < -0.39 is 59.6 Å². The van der Waals surface area contributed by atoms with E-state index in [2.05, 4.69) is 20.7 Å². The maximum Gasteiger partial charge on any atom is 0.407 e. The molecule has 0 atom stereocenters. The Bertz CT molecular complexity index is 2780. The number of alkyl carbamates (subject to hydrolysis) is 1. The topological polar surface area (TPSA) is 218 Å². The summed E-state index contributed by atoms with van der Waals surface area (Å²) < 4.78 is 83.4. The van der Waals surface area contributed by atoms with E-state index in [0.717, 1.165) is 15.9 Å². The second-order valence-electron chi connectivity index (χ2n) is 15.4. The number of amides is 1. The minimum atomic E-state index is -5.01. The van der Waals surface area contributed by atoms with Gasteiger partial charge in [-0.3, -0.25) is 0 Å². The van der Waals surface area contributed by atoms with Crippen molar-refractivity contribution in [1.29, 1.82) is 0 Å². The first-order valence-electron chi connectivity index (χ1n) is 19.8. The molecule has 0 fully saturated rings. The third-order valence-corrected chi connectivity index (χ3v) is 13.5. The van der Waals surface area contributed by atoms with Crippen molar-refractivity contribution >= 4 is 31.9 Å². The van der Waals surface area contributed by atoms with Crippen LogP contribution in [0.15, 0.2) is 119 Å². The van der Waals surface area contributed by atoms with Gasteiger partial charge in [0.1, 0.15) is 27.7 Å². The van der Waals surface area contributed by atoms with Gasteiger partial charge in [0.2, 0.25) is 15.8 Å². The lowest BCUT2D eigenvalue weighted by molar-refractivity contribution is 0.0530. The van der Waals surface area contributed by atoms with Crippen LogP contribution < -0.4 is 19.5 Å². The molecular formula is C45H48N6O11S2. The fourth-order valence-electron chi connectivity index (χ4n) is 6.66. The molecule has 336 valence electrons. The van der Waals surface area contributed by atoms with Crippen molar-refractivity contribution in [2.45, 2.75) is 55.8 Å². The molecule has 2 N–H and O–H groups in total. The molecule has 0 unspecified atom stereocenters. The van der Waals surface area contributed by atoms with E-state index in [9.17, 15) is 23.1 Å². The second kappa shape index (κ2) is 19.7. The van der Waals surface area contributed by atoms with Crippen molar-refractivity contribution < 1.29 is 50.5 Å². The summed E-state index contributed by atoms with van der Waals surface area (Å²) in [5.41, 5.74) is 0.445. The number of sulfonamides is 1. The molecule has 6 rings (SSSR count). The monoisotopic (exact) mass is 912 g/mol. The molecule has 1 heterocycles. The molecule has 0 bridgehead atoms. The highest BCUT2D eigenvalue weighted by atomic mass is 32.2. The third kappa shape index (κ3) is 11.2. The van der Waals surface area contributed by atoms with Gasteiger partial charge in [-0.05, 0) is 102 Å². The Labute approximate surface area is 371 Å². The summed E-state index contributed by atoms with van der Waals surface area (Å²) in [6.45, 7) is 4.05. The fourth-order valence-corrected chi connectivity index (χ4v) is 10.3. The lowest BCUT2D eigenvalue weighted by Crippen LogP contribution is -2.35. The highest BCUT2D eigenvalue weighted by molar-refractivity contribution is 7.93. The van der Waals surface area contributed by atoms with Crippen LogP contribution in [0.3, 0.4) is 0 Å². The van der Waals surface area contributed by atoms with Gasteiger partial charge < -0.3 is 29.4 Å². The summed E-state index contributed by atoms with van der Waals surface area (Å²) in [5, 5.41) is 25.9. The van der Waals surface area contributed by atoms with Crippen LogP contribution in [0.1, 0.15) is 47.8 Å². The van der Waals surface area contributed by atoms with E-state index in [1.807, 2.05) is 0 Å². The number of nitrogens with one attached hydrogen (secondary N) is 1. The molecule has 1 aromatic heterocycles. The van der Waals surface area contributed by atoms with E-state index in [-0.39, 0.29) is 47.7 Å². The van der Waals surface area contributed by atoms with Crippen molar-refractivity contribution in [3.63, 3.8) is 0 Å². The number of carbonyl (C=O) groups excluding carboxylic acids is 1. The first-order valence-corrected chi connectivity index (χ1v) is 22.9. The van der Waals surface area contributed by atoms with Gasteiger partial charge >= 0.3 is 12.1 Å². The smallest absolute Gasteiger partial charge is 0.407 e. The summed E-state index contributed by atoms with van der Waals surface area (Å²) in [6, 6.07) is 28.8. The van der Waals surface area contributed by atoms with E-state index >= 15 is 8.42 Å². The number of carboxylic acids is 1. The maximum absolute atomic E-state index is 15.9. The van der Waals surface area contributed by atoms with Gasteiger partial charge in [-0.15, -0.1) is 10.2 Å². The number of benzene rings is 5. The van der Waals surface area contributed by atoms with Crippen LogP contribution >= 0.6 is 0 Å². The van der Waals surface area contributed by atoms with E-state index in [1.165, 1.54) is 50.4 Å². The number of nitrogens with zero attached hydrogens (tertiary/aromatic N) is 5. The lowest BCUT2D eigenvalue weighted by atomic mass is 9.95. The van der Waals surface area contributed by atoms with E-state index in [1.54, 1.807) is 99.6 Å². The molecular weight excluding hydrogens is 865 g/mol. The van der Waals surface area contributed by atoms with Crippen LogP contribution in [-0.2, 0) is 44.2 Å². The minimum Gasteiger partial charge on any atom is -0.497 e. The van der Waals surface area contributed by atoms with Crippen LogP contribution in [0.4, 0.5) is 4.79 Å². The molecule has 0 saturated carbocycles. The molecule has 0 saturated heterocycles. The molecule has 0 aliphatic rings. The average Bonchev–Trinajstić information content (AvgIpc) is 3.73. The third-order valence-electron chi connectivity index (χ3n) is 9.74. The summed E-state index contributed by atoms with van der Waals surface area (Å²) in [5.74, 6) is -0.725. The summed E-state index contributed by atoms with van der Waals surface area (Å²) in [4.78, 5) is 25.2. The Hall–Kier alpha value is -6.83. The van der Waals surface area contributed by atoms with Gasteiger partial charge in [0, 0.05) is 19.6 Å². The Kier molecular flexibility index (Phi) is 14.4. The second-order valence-corrected chi connectivity index (χ2v) is 19.3. The molecule has 1 amide bonds. The SMILES string of the molecule is COc1ccc(CN(Cc2ccc(OC)cc2)S(=O)(=O)c2c(S(=O)(=O)CCNC(=O)OC(C)(C)C)ccc(-c3ccccc3C(=O)O)c2-c2nnn(Cc3ccc(OC)cc3)n2)cc1. The van der Waals surface area contributed by atoms with Crippen LogP contribution in [0.2, 0.25) is 0 Å². The number of hydrogen-bond donors (Lipinski definition) is 2. The van der Waals surface area contributed by atoms with Crippen molar-refractivity contribution in [1.82, 2.24) is 29.8 Å². The molecule has 64 heavy (non-hydrogen) atoms. The largest absolute Gasteiger partial charge is 0.497 e. The Morgan fingerprint density at radius 1 is 0.719 bits per heavy atom. The van der Waals surface area contributed by atoms with Gasteiger partial charge in [-0.2, -0.15) is 9.10 Å². The zero-order chi connectivity index (χ0) is 46.2. The highest BCUT2D eigenvalue weighted by Gasteiger charge is 2.38. The first kappa shape index (κ1) is 46.7. The van der Waals surface area contributed by atoms with E-state index in [0.29, 0.717) is 28.4 Å². The Morgan fingerprint density at radius 2 is 1.25 bits per heavy atom. The van der Waals surface area contributed by atoms with Gasteiger partial charge in [-0.1, -0.05) is 60.7 Å². The zero-order valence-electron chi connectivity index (χ0n) is 36.0.